The number of para-hydroxylation sites is 1. The van der Waals surface area contributed by atoms with Gasteiger partial charge in [0.05, 0.1) is 22.6 Å². The van der Waals surface area contributed by atoms with Crippen LogP contribution in [-0.2, 0) is 6.18 Å². The summed E-state index contributed by atoms with van der Waals surface area (Å²) >= 11 is 0. The predicted molar refractivity (Wildman–Crippen MR) is 99.4 cm³/mol. The van der Waals surface area contributed by atoms with Crippen LogP contribution in [-0.4, -0.2) is 9.78 Å². The number of benzene rings is 3. The highest BCUT2D eigenvalue weighted by Crippen LogP contribution is 2.36. The average Bonchev–Trinajstić information content (AvgIpc) is 3.14. The number of nitrogens with zero attached hydrogens (tertiary/aromatic N) is 2. The van der Waals surface area contributed by atoms with Crippen molar-refractivity contribution in [3.8, 4) is 28.2 Å². The van der Waals surface area contributed by atoms with Crippen molar-refractivity contribution in [2.45, 2.75) is 6.18 Å². The summed E-state index contributed by atoms with van der Waals surface area (Å²) < 4.78 is 42.0. The Labute approximate surface area is 154 Å². The summed E-state index contributed by atoms with van der Waals surface area (Å²) in [6.07, 6.45) is -4.47. The van der Waals surface area contributed by atoms with E-state index in [0.29, 0.717) is 11.4 Å². The van der Waals surface area contributed by atoms with Crippen molar-refractivity contribution in [3.05, 3.63) is 96.6 Å². The quantitative estimate of drug-likeness (QED) is 0.422. The third-order valence-electron chi connectivity index (χ3n) is 4.29. The second kappa shape index (κ2) is 6.76. The van der Waals surface area contributed by atoms with Gasteiger partial charge in [0.2, 0.25) is 0 Å². The van der Waals surface area contributed by atoms with Crippen LogP contribution in [0, 0.1) is 0 Å². The number of halogens is 3. The van der Waals surface area contributed by atoms with E-state index in [9.17, 15) is 13.2 Å². The molecule has 0 saturated carbocycles. The summed E-state index contributed by atoms with van der Waals surface area (Å²) in [4.78, 5) is 0. The molecule has 0 N–H and O–H groups in total. The maximum absolute atomic E-state index is 13.6. The lowest BCUT2D eigenvalue weighted by atomic mass is 10.1. The molecular formula is C22H15F3N2. The minimum atomic E-state index is -4.47. The largest absolute Gasteiger partial charge is 0.418 e. The van der Waals surface area contributed by atoms with Gasteiger partial charge < -0.3 is 0 Å². The van der Waals surface area contributed by atoms with E-state index in [1.807, 2.05) is 66.7 Å². The van der Waals surface area contributed by atoms with E-state index >= 15 is 0 Å². The summed E-state index contributed by atoms with van der Waals surface area (Å²) in [5, 5.41) is 4.52. The molecule has 0 bridgehead atoms. The Hall–Kier alpha value is -3.34. The molecule has 4 aromatic rings. The lowest BCUT2D eigenvalue weighted by molar-refractivity contribution is -0.137. The fraction of sp³-hybridized carbons (Fsp3) is 0.0455. The second-order valence-electron chi connectivity index (χ2n) is 6.07. The Morgan fingerprint density at radius 1 is 0.667 bits per heavy atom. The first kappa shape index (κ1) is 17.1. The van der Waals surface area contributed by atoms with Gasteiger partial charge >= 0.3 is 6.18 Å². The minimum absolute atomic E-state index is 0.00559. The van der Waals surface area contributed by atoms with Gasteiger partial charge in [0, 0.05) is 11.1 Å². The van der Waals surface area contributed by atoms with Gasteiger partial charge in [-0.15, -0.1) is 0 Å². The molecule has 0 unspecified atom stereocenters. The van der Waals surface area contributed by atoms with Gasteiger partial charge in [0.1, 0.15) is 0 Å². The van der Waals surface area contributed by atoms with Gasteiger partial charge in [-0.1, -0.05) is 72.8 Å². The predicted octanol–water partition coefficient (Wildman–Crippen LogP) is 6.23. The summed E-state index contributed by atoms with van der Waals surface area (Å²) in [6, 6.07) is 26.0. The zero-order chi connectivity index (χ0) is 18.9. The number of rotatable bonds is 3. The first-order valence-corrected chi connectivity index (χ1v) is 8.41. The SMILES string of the molecule is FC(F)(F)c1ccccc1-n1nc(-c2ccccc2)cc1-c1ccccc1. The molecule has 27 heavy (non-hydrogen) atoms. The molecule has 134 valence electrons. The molecule has 0 spiro atoms. The van der Waals surface area contributed by atoms with E-state index in [4.69, 9.17) is 0 Å². The third kappa shape index (κ3) is 3.36. The van der Waals surface area contributed by atoms with Crippen LogP contribution >= 0.6 is 0 Å². The van der Waals surface area contributed by atoms with Gasteiger partial charge in [-0.2, -0.15) is 18.3 Å². The van der Waals surface area contributed by atoms with Crippen molar-refractivity contribution in [1.82, 2.24) is 9.78 Å². The normalized spacial score (nSPS) is 11.5. The monoisotopic (exact) mass is 364 g/mol. The molecule has 0 atom stereocenters. The van der Waals surface area contributed by atoms with E-state index in [-0.39, 0.29) is 5.69 Å². The Kier molecular flexibility index (Phi) is 4.28. The first-order chi connectivity index (χ1) is 13.0. The third-order valence-corrected chi connectivity index (χ3v) is 4.29. The topological polar surface area (TPSA) is 17.8 Å². The molecule has 0 fully saturated rings. The Balaban J connectivity index is 1.97. The zero-order valence-electron chi connectivity index (χ0n) is 14.2. The highest BCUT2D eigenvalue weighted by atomic mass is 19.4. The molecule has 5 heteroatoms. The smallest absolute Gasteiger partial charge is 0.232 e. The van der Waals surface area contributed by atoms with Crippen molar-refractivity contribution < 1.29 is 13.2 Å². The molecule has 0 radical (unpaired) electrons. The second-order valence-corrected chi connectivity index (χ2v) is 6.07. The van der Waals surface area contributed by atoms with Crippen LogP contribution in [0.1, 0.15) is 5.56 Å². The molecule has 1 heterocycles. The molecule has 4 rings (SSSR count). The van der Waals surface area contributed by atoms with Crippen LogP contribution in [0.2, 0.25) is 0 Å². The maximum Gasteiger partial charge on any atom is 0.418 e. The van der Waals surface area contributed by atoms with Crippen molar-refractivity contribution in [3.63, 3.8) is 0 Å². The van der Waals surface area contributed by atoms with Crippen LogP contribution in [0.5, 0.6) is 0 Å². The molecule has 0 amide bonds. The van der Waals surface area contributed by atoms with E-state index in [1.165, 1.54) is 16.8 Å². The Morgan fingerprint density at radius 3 is 1.85 bits per heavy atom. The van der Waals surface area contributed by atoms with Gasteiger partial charge in [0.25, 0.3) is 0 Å². The summed E-state index contributed by atoms with van der Waals surface area (Å²) in [5.74, 6) is 0. The molecule has 3 aromatic carbocycles. The lowest BCUT2D eigenvalue weighted by Crippen LogP contribution is -2.12. The standard InChI is InChI=1S/C22H15F3N2/c23-22(24,25)18-13-7-8-14-20(18)27-21(17-11-5-2-6-12-17)15-19(26-27)16-9-3-1-4-10-16/h1-15H. The van der Waals surface area contributed by atoms with Gasteiger partial charge in [-0.3, -0.25) is 0 Å². The van der Waals surface area contributed by atoms with Crippen LogP contribution in [0.4, 0.5) is 13.2 Å². The molecule has 0 aliphatic rings. The summed E-state index contributed by atoms with van der Waals surface area (Å²) in [5.41, 5.74) is 2.15. The van der Waals surface area contributed by atoms with E-state index in [0.717, 1.165) is 17.2 Å². The highest BCUT2D eigenvalue weighted by Gasteiger charge is 2.34. The van der Waals surface area contributed by atoms with Gasteiger partial charge in [0.15, 0.2) is 0 Å². The van der Waals surface area contributed by atoms with Crippen LogP contribution in [0.15, 0.2) is 91.0 Å². The van der Waals surface area contributed by atoms with Gasteiger partial charge in [-0.05, 0) is 18.2 Å². The maximum atomic E-state index is 13.6. The molecule has 2 nitrogen and oxygen atoms in total. The molecule has 0 aliphatic heterocycles. The van der Waals surface area contributed by atoms with Crippen molar-refractivity contribution in [2.24, 2.45) is 0 Å². The van der Waals surface area contributed by atoms with Crippen LogP contribution in [0.25, 0.3) is 28.2 Å². The molecule has 1 aromatic heterocycles. The fourth-order valence-corrected chi connectivity index (χ4v) is 3.03. The van der Waals surface area contributed by atoms with Crippen molar-refractivity contribution in [1.29, 1.82) is 0 Å². The minimum Gasteiger partial charge on any atom is -0.232 e. The van der Waals surface area contributed by atoms with E-state index in [2.05, 4.69) is 5.10 Å². The van der Waals surface area contributed by atoms with E-state index in [1.54, 1.807) is 6.07 Å². The average molecular weight is 364 g/mol. The summed E-state index contributed by atoms with van der Waals surface area (Å²) in [7, 11) is 0. The first-order valence-electron chi connectivity index (χ1n) is 8.41. The molecule has 0 saturated heterocycles. The van der Waals surface area contributed by atoms with Crippen molar-refractivity contribution in [2.75, 3.05) is 0 Å². The van der Waals surface area contributed by atoms with Gasteiger partial charge in [-0.25, -0.2) is 4.68 Å². The Morgan fingerprint density at radius 2 is 1.22 bits per heavy atom. The Bertz CT molecular complexity index is 1050. The van der Waals surface area contributed by atoms with Crippen LogP contribution in [0.3, 0.4) is 0 Å². The number of hydrogen-bond donors (Lipinski definition) is 0. The number of alkyl halides is 3. The van der Waals surface area contributed by atoms with Crippen molar-refractivity contribution >= 4 is 0 Å². The highest BCUT2D eigenvalue weighted by molar-refractivity contribution is 5.71. The fourth-order valence-electron chi connectivity index (χ4n) is 3.03. The van der Waals surface area contributed by atoms with Crippen LogP contribution < -0.4 is 0 Å². The lowest BCUT2D eigenvalue weighted by Gasteiger charge is -2.14. The number of hydrogen-bond acceptors (Lipinski definition) is 1. The summed E-state index contributed by atoms with van der Waals surface area (Å²) in [6.45, 7) is 0. The van der Waals surface area contributed by atoms with E-state index < -0.39 is 11.7 Å². The number of aromatic nitrogens is 2. The zero-order valence-corrected chi connectivity index (χ0v) is 14.2. The molecule has 0 aliphatic carbocycles. The molecular weight excluding hydrogens is 349 g/mol.